The van der Waals surface area contributed by atoms with Gasteiger partial charge in [-0.15, -0.1) is 0 Å². The molecule has 3 rings (SSSR count). The molecule has 0 aliphatic carbocycles. The Balaban J connectivity index is 1.89. The summed E-state index contributed by atoms with van der Waals surface area (Å²) in [6, 6.07) is 18.9. The molecule has 6 nitrogen and oxygen atoms in total. The van der Waals surface area contributed by atoms with Gasteiger partial charge < -0.3 is 9.47 Å². The van der Waals surface area contributed by atoms with Crippen LogP contribution in [-0.4, -0.2) is 18.0 Å². The zero-order valence-electron chi connectivity index (χ0n) is 16.5. The lowest BCUT2D eigenvalue weighted by Gasteiger charge is -2.11. The van der Waals surface area contributed by atoms with Crippen LogP contribution in [-0.2, 0) is 6.61 Å². The molecule has 3 aromatic rings. The average molecular weight is 387 g/mol. The number of hydrogen-bond donors (Lipinski definition) is 0. The Hall–Kier alpha value is -3.85. The van der Waals surface area contributed by atoms with E-state index in [0.29, 0.717) is 29.4 Å². The number of rotatable bonds is 6. The van der Waals surface area contributed by atoms with Crippen molar-refractivity contribution in [2.75, 3.05) is 7.11 Å². The van der Waals surface area contributed by atoms with E-state index in [2.05, 4.69) is 5.10 Å². The van der Waals surface area contributed by atoms with Crippen molar-refractivity contribution in [3.05, 3.63) is 92.9 Å². The molecule has 146 valence electrons. The van der Waals surface area contributed by atoms with Crippen LogP contribution < -0.4 is 15.0 Å². The monoisotopic (exact) mass is 387 g/mol. The Morgan fingerprint density at radius 2 is 1.86 bits per heavy atom. The Bertz CT molecular complexity index is 1140. The standard InChI is InChI=1S/C23H21N3O3/c1-16-11-17(2)26(23(27)20(16)13-24)25-14-19-9-10-21(28-3)22(12-19)29-15-18-7-5-4-6-8-18/h4-12,14H,15H2,1-3H3/b25-14+. The van der Waals surface area contributed by atoms with Gasteiger partial charge in [0.05, 0.1) is 13.3 Å². The minimum Gasteiger partial charge on any atom is -0.493 e. The van der Waals surface area contributed by atoms with Crippen LogP contribution in [0.3, 0.4) is 0 Å². The number of nitrogens with zero attached hydrogens (tertiary/aromatic N) is 3. The van der Waals surface area contributed by atoms with E-state index in [0.717, 1.165) is 11.1 Å². The Morgan fingerprint density at radius 1 is 1.10 bits per heavy atom. The minimum atomic E-state index is -0.435. The van der Waals surface area contributed by atoms with Crippen molar-refractivity contribution in [2.45, 2.75) is 20.5 Å². The van der Waals surface area contributed by atoms with Gasteiger partial charge in [0.15, 0.2) is 11.5 Å². The zero-order chi connectivity index (χ0) is 20.8. The van der Waals surface area contributed by atoms with E-state index in [1.807, 2.05) is 42.5 Å². The second kappa shape index (κ2) is 8.89. The van der Waals surface area contributed by atoms with Gasteiger partial charge in [0, 0.05) is 5.69 Å². The first-order valence-corrected chi connectivity index (χ1v) is 9.06. The van der Waals surface area contributed by atoms with E-state index in [1.165, 1.54) is 4.68 Å². The molecule has 0 saturated carbocycles. The van der Waals surface area contributed by atoms with E-state index in [1.54, 1.807) is 45.4 Å². The maximum atomic E-state index is 12.5. The summed E-state index contributed by atoms with van der Waals surface area (Å²) in [6.07, 6.45) is 1.56. The van der Waals surface area contributed by atoms with Crippen molar-refractivity contribution in [3.8, 4) is 17.6 Å². The first kappa shape index (κ1) is 19.9. The second-order valence-electron chi connectivity index (χ2n) is 6.50. The molecule has 0 radical (unpaired) electrons. The highest BCUT2D eigenvalue weighted by atomic mass is 16.5. The van der Waals surface area contributed by atoms with Crippen molar-refractivity contribution in [3.63, 3.8) is 0 Å². The van der Waals surface area contributed by atoms with Crippen LogP contribution in [0.1, 0.15) is 27.9 Å². The third-order valence-corrected chi connectivity index (χ3v) is 4.42. The van der Waals surface area contributed by atoms with Crippen molar-refractivity contribution >= 4 is 6.21 Å². The molecule has 0 N–H and O–H groups in total. The molecule has 29 heavy (non-hydrogen) atoms. The molecule has 0 bridgehead atoms. The maximum Gasteiger partial charge on any atom is 0.289 e. The van der Waals surface area contributed by atoms with E-state index in [4.69, 9.17) is 9.47 Å². The van der Waals surface area contributed by atoms with Crippen LogP contribution in [0.25, 0.3) is 0 Å². The summed E-state index contributed by atoms with van der Waals surface area (Å²) in [6.45, 7) is 3.91. The number of nitriles is 1. The lowest BCUT2D eigenvalue weighted by atomic mass is 10.1. The Labute approximate surface area is 169 Å². The van der Waals surface area contributed by atoms with Crippen molar-refractivity contribution in [1.29, 1.82) is 5.26 Å². The molecule has 1 aromatic heterocycles. The number of ether oxygens (including phenoxy) is 2. The molecule has 0 spiro atoms. The fourth-order valence-corrected chi connectivity index (χ4v) is 2.91. The molecule has 0 unspecified atom stereocenters. The number of hydrogen-bond acceptors (Lipinski definition) is 5. The SMILES string of the molecule is COc1ccc(/C=N/n2c(C)cc(C)c(C#N)c2=O)cc1OCc1ccccc1. The number of benzene rings is 2. The zero-order valence-corrected chi connectivity index (χ0v) is 16.5. The highest BCUT2D eigenvalue weighted by molar-refractivity contribution is 5.80. The molecule has 6 heteroatoms. The largest absolute Gasteiger partial charge is 0.493 e. The molecule has 0 amide bonds. The summed E-state index contributed by atoms with van der Waals surface area (Å²) in [5.41, 5.74) is 2.72. The first-order chi connectivity index (χ1) is 14.0. The first-order valence-electron chi connectivity index (χ1n) is 9.06. The Kier molecular flexibility index (Phi) is 6.10. The predicted molar refractivity (Wildman–Crippen MR) is 112 cm³/mol. The normalized spacial score (nSPS) is 10.7. The summed E-state index contributed by atoms with van der Waals surface area (Å²) in [4.78, 5) is 12.5. The lowest BCUT2D eigenvalue weighted by molar-refractivity contribution is 0.284. The maximum absolute atomic E-state index is 12.5. The van der Waals surface area contributed by atoms with Crippen LogP contribution in [0.15, 0.2) is 64.5 Å². The third-order valence-electron chi connectivity index (χ3n) is 4.42. The summed E-state index contributed by atoms with van der Waals surface area (Å²) in [7, 11) is 1.58. The third kappa shape index (κ3) is 4.53. The summed E-state index contributed by atoms with van der Waals surface area (Å²) in [5, 5.41) is 13.5. The molecular formula is C23H21N3O3. The fourth-order valence-electron chi connectivity index (χ4n) is 2.91. The molecule has 0 fully saturated rings. The quantitative estimate of drug-likeness (QED) is 0.603. The van der Waals surface area contributed by atoms with E-state index >= 15 is 0 Å². The highest BCUT2D eigenvalue weighted by Gasteiger charge is 2.10. The van der Waals surface area contributed by atoms with Gasteiger partial charge in [-0.05, 0) is 54.8 Å². The van der Waals surface area contributed by atoms with Gasteiger partial charge in [-0.2, -0.15) is 10.4 Å². The van der Waals surface area contributed by atoms with Crippen molar-refractivity contribution in [2.24, 2.45) is 5.10 Å². The molecule has 1 heterocycles. The van der Waals surface area contributed by atoms with Gasteiger partial charge >= 0.3 is 0 Å². The van der Waals surface area contributed by atoms with Gasteiger partial charge in [-0.1, -0.05) is 30.3 Å². The van der Waals surface area contributed by atoms with Gasteiger partial charge in [-0.25, -0.2) is 4.68 Å². The van der Waals surface area contributed by atoms with Crippen LogP contribution in [0.2, 0.25) is 0 Å². The summed E-state index contributed by atoms with van der Waals surface area (Å²) < 4.78 is 12.5. The topological polar surface area (TPSA) is 76.6 Å². The molecule has 0 aliphatic heterocycles. The molecule has 0 atom stereocenters. The molecule has 0 saturated heterocycles. The predicted octanol–water partition coefficient (Wildman–Crippen LogP) is 3.81. The number of aromatic nitrogens is 1. The van der Waals surface area contributed by atoms with Crippen molar-refractivity contribution in [1.82, 2.24) is 4.68 Å². The van der Waals surface area contributed by atoms with Crippen LogP contribution in [0.5, 0.6) is 11.5 Å². The number of methoxy groups -OCH3 is 1. The smallest absolute Gasteiger partial charge is 0.289 e. The molecule has 2 aromatic carbocycles. The Morgan fingerprint density at radius 3 is 2.55 bits per heavy atom. The number of pyridine rings is 1. The van der Waals surface area contributed by atoms with E-state index in [-0.39, 0.29) is 5.56 Å². The fraction of sp³-hybridized carbons (Fsp3) is 0.174. The molecular weight excluding hydrogens is 366 g/mol. The van der Waals surface area contributed by atoms with Crippen molar-refractivity contribution < 1.29 is 9.47 Å². The highest BCUT2D eigenvalue weighted by Crippen LogP contribution is 2.28. The minimum absolute atomic E-state index is 0.0920. The summed E-state index contributed by atoms with van der Waals surface area (Å²) in [5.74, 6) is 1.18. The van der Waals surface area contributed by atoms with Gasteiger partial charge in [0.2, 0.25) is 0 Å². The van der Waals surface area contributed by atoms with Gasteiger partial charge in [0.25, 0.3) is 5.56 Å². The second-order valence-corrected chi connectivity index (χ2v) is 6.50. The summed E-state index contributed by atoms with van der Waals surface area (Å²) >= 11 is 0. The molecule has 0 aliphatic rings. The van der Waals surface area contributed by atoms with Crippen LogP contribution in [0.4, 0.5) is 0 Å². The van der Waals surface area contributed by atoms with Gasteiger partial charge in [0.1, 0.15) is 18.2 Å². The van der Waals surface area contributed by atoms with Gasteiger partial charge in [-0.3, -0.25) is 4.79 Å². The van der Waals surface area contributed by atoms with Crippen LogP contribution >= 0.6 is 0 Å². The van der Waals surface area contributed by atoms with E-state index < -0.39 is 5.56 Å². The van der Waals surface area contributed by atoms with E-state index in [9.17, 15) is 10.1 Å². The number of aryl methyl sites for hydroxylation is 2. The van der Waals surface area contributed by atoms with Crippen LogP contribution in [0, 0.1) is 25.2 Å². The lowest BCUT2D eigenvalue weighted by Crippen LogP contribution is -2.22. The average Bonchev–Trinajstić information content (AvgIpc) is 2.73.